The number of benzene rings is 4. The molecule has 17 heteroatoms. The fourth-order valence-electron chi connectivity index (χ4n) is 7.76. The molecule has 6 amide bonds. The summed E-state index contributed by atoms with van der Waals surface area (Å²) in [6.07, 6.45) is -0.720. The van der Waals surface area contributed by atoms with E-state index in [1.54, 1.807) is 48.5 Å². The van der Waals surface area contributed by atoms with Gasteiger partial charge in [0, 0.05) is 37.6 Å². The molecule has 0 radical (unpaired) electrons. The number of aliphatic carboxylic acids is 2. The van der Waals surface area contributed by atoms with E-state index in [0.29, 0.717) is 21.3 Å². The van der Waals surface area contributed by atoms with Gasteiger partial charge in [0.1, 0.15) is 13.1 Å². The minimum absolute atomic E-state index is 0.0152. The van der Waals surface area contributed by atoms with E-state index in [9.17, 15) is 48.6 Å². The lowest BCUT2D eigenvalue weighted by atomic mass is 9.80. The zero-order valence-electron chi connectivity index (χ0n) is 29.5. The van der Waals surface area contributed by atoms with E-state index in [1.807, 2.05) is 6.07 Å². The van der Waals surface area contributed by atoms with Crippen molar-refractivity contribution in [3.05, 3.63) is 128 Å². The number of amides is 6. The smallest absolute Gasteiger partial charge is 0.323 e. The highest BCUT2D eigenvalue weighted by molar-refractivity contribution is 6.34. The number of likely N-dealkylation sites (tertiary alicyclic amines) is 2. The number of rotatable bonds is 8. The molecule has 2 spiro atoms. The van der Waals surface area contributed by atoms with E-state index >= 15 is 0 Å². The summed E-state index contributed by atoms with van der Waals surface area (Å²) >= 11 is 18.0. The fraction of sp³-hybridized carbons (Fsp3) is 0.200. The van der Waals surface area contributed by atoms with E-state index < -0.39 is 71.3 Å². The van der Waals surface area contributed by atoms with Crippen LogP contribution in [0.2, 0.25) is 15.1 Å². The first-order valence-electron chi connectivity index (χ1n) is 17.2. The Kier molecular flexibility index (Phi) is 10.1. The van der Waals surface area contributed by atoms with Gasteiger partial charge in [-0.05, 0) is 59.7 Å². The first-order chi connectivity index (χ1) is 27.1. The van der Waals surface area contributed by atoms with Crippen molar-refractivity contribution < 1.29 is 48.6 Å². The third kappa shape index (κ3) is 6.58. The minimum atomic E-state index is -1.79. The largest absolute Gasteiger partial charge is 0.480 e. The van der Waals surface area contributed by atoms with Crippen LogP contribution in [0.25, 0.3) is 0 Å². The molecule has 0 bridgehead atoms. The predicted octanol–water partition coefficient (Wildman–Crippen LogP) is 4.59. The monoisotopic (exact) mass is 830 g/mol. The summed E-state index contributed by atoms with van der Waals surface area (Å²) in [4.78, 5) is 105. The van der Waals surface area contributed by atoms with Crippen LogP contribution >= 0.6 is 34.8 Å². The third-order valence-electron chi connectivity index (χ3n) is 10.3. The van der Waals surface area contributed by atoms with Crippen molar-refractivity contribution in [2.75, 3.05) is 22.9 Å². The maximum Gasteiger partial charge on any atom is 0.323 e. The van der Waals surface area contributed by atoms with Gasteiger partial charge in [-0.1, -0.05) is 77.3 Å². The Labute approximate surface area is 338 Å². The minimum Gasteiger partial charge on any atom is -0.480 e. The summed E-state index contributed by atoms with van der Waals surface area (Å²) in [5, 5.41) is 19.5. The first-order valence-corrected chi connectivity index (χ1v) is 18.4. The van der Waals surface area contributed by atoms with Crippen molar-refractivity contribution in [3.8, 4) is 0 Å². The summed E-state index contributed by atoms with van der Waals surface area (Å²) < 4.78 is 0. The number of nitrogens with zero attached hydrogens (tertiary/aromatic N) is 4. The van der Waals surface area contributed by atoms with Crippen LogP contribution in [0, 0.1) is 0 Å². The highest BCUT2D eigenvalue weighted by Gasteiger charge is 2.65. The molecule has 2 atom stereocenters. The van der Waals surface area contributed by atoms with Gasteiger partial charge in [0.25, 0.3) is 0 Å². The number of fused-ring (bicyclic) bond motifs is 4. The zero-order chi connectivity index (χ0) is 41.0. The van der Waals surface area contributed by atoms with Crippen LogP contribution in [0.15, 0.2) is 91.0 Å². The molecular formula is C40H29Cl3N4O10. The van der Waals surface area contributed by atoms with E-state index in [-0.39, 0.29) is 47.8 Å². The molecule has 8 rings (SSSR count). The lowest BCUT2D eigenvalue weighted by molar-refractivity contribution is -0.144. The Morgan fingerprint density at radius 2 is 0.877 bits per heavy atom. The third-order valence-corrected chi connectivity index (χ3v) is 11.0. The number of hydrogen-bond donors (Lipinski definition) is 2. The van der Waals surface area contributed by atoms with Crippen LogP contribution < -0.4 is 9.80 Å². The fourth-order valence-corrected chi connectivity index (χ4v) is 8.23. The number of carbonyl (C=O) groups excluding carboxylic acids is 6. The Morgan fingerprint density at radius 3 is 1.28 bits per heavy atom. The molecule has 0 aromatic heterocycles. The topological polar surface area (TPSA) is 190 Å². The van der Waals surface area contributed by atoms with Crippen molar-refractivity contribution >= 4 is 93.6 Å². The molecule has 290 valence electrons. The number of carboxylic acid groups (broad SMARTS) is 2. The predicted molar refractivity (Wildman–Crippen MR) is 204 cm³/mol. The summed E-state index contributed by atoms with van der Waals surface area (Å²) in [6.45, 7) is -1.19. The molecule has 2 fully saturated rings. The van der Waals surface area contributed by atoms with Crippen LogP contribution in [0.3, 0.4) is 0 Å². The van der Waals surface area contributed by atoms with Crippen molar-refractivity contribution in [3.63, 3.8) is 0 Å². The van der Waals surface area contributed by atoms with Crippen LogP contribution in [0.4, 0.5) is 11.4 Å². The average molecular weight is 832 g/mol. The molecule has 2 N–H and O–H groups in total. The van der Waals surface area contributed by atoms with E-state index in [0.717, 1.165) is 25.2 Å². The molecule has 4 aliphatic rings. The summed E-state index contributed by atoms with van der Waals surface area (Å²) in [7, 11) is 0. The molecule has 0 saturated carbocycles. The van der Waals surface area contributed by atoms with Gasteiger partial charge >= 0.3 is 11.9 Å². The number of carbonyl (C=O) groups is 8. The van der Waals surface area contributed by atoms with Gasteiger partial charge in [0.15, 0.2) is 10.8 Å². The van der Waals surface area contributed by atoms with Crippen molar-refractivity contribution in [2.24, 2.45) is 0 Å². The van der Waals surface area contributed by atoms with Gasteiger partial charge in [-0.3, -0.25) is 58.0 Å². The van der Waals surface area contributed by atoms with Crippen LogP contribution in [0.5, 0.6) is 0 Å². The van der Waals surface area contributed by atoms with E-state index in [1.165, 1.54) is 36.4 Å². The van der Waals surface area contributed by atoms with Crippen LogP contribution in [0.1, 0.15) is 35.1 Å². The van der Waals surface area contributed by atoms with Crippen LogP contribution in [-0.4, -0.2) is 80.5 Å². The lowest BCUT2D eigenvalue weighted by Gasteiger charge is -2.22. The van der Waals surface area contributed by atoms with Crippen molar-refractivity contribution in [1.82, 2.24) is 9.80 Å². The average Bonchev–Trinajstić information content (AvgIpc) is 3.74. The SMILES string of the molecule is O=C(O)CN1C(=O)C2(CC(=O)N(Cc3ccc(Cl)cc3)C2=O)c2cc(Cl)ccc21.O=C(O)CN1C(=O)C2(CC(=O)N(Cc3ccccc3)C2=O)c2cc(Cl)ccc21. The van der Waals surface area contributed by atoms with Gasteiger partial charge in [-0.15, -0.1) is 0 Å². The van der Waals surface area contributed by atoms with E-state index in [2.05, 4.69) is 0 Å². The number of imide groups is 2. The van der Waals surface area contributed by atoms with Crippen molar-refractivity contribution in [2.45, 2.75) is 36.8 Å². The molecule has 4 aromatic rings. The highest BCUT2D eigenvalue weighted by Crippen LogP contribution is 2.51. The standard InChI is InChI=1S/C20H14Cl2N2O5.C20H15ClN2O5/c21-12-3-1-11(2-4-12)9-24-16(25)8-20(19(24)29)14-7-13(22)5-6-15(14)23(18(20)28)10-17(26)27;21-13-6-7-15-14(8-13)20(18(27)22(15)11-17(25)26)9-16(24)23(19(20)28)10-12-4-2-1-3-5-12/h1-7H,8-10H2,(H,26,27);1-8H,9-11H2,(H,25,26). The van der Waals surface area contributed by atoms with Gasteiger partial charge in [0.2, 0.25) is 35.4 Å². The molecule has 2 unspecified atom stereocenters. The molecule has 4 aliphatic heterocycles. The first kappa shape index (κ1) is 39.2. The second-order valence-corrected chi connectivity index (χ2v) is 15.0. The maximum atomic E-state index is 13.4. The van der Waals surface area contributed by atoms with Gasteiger partial charge in [-0.2, -0.15) is 0 Å². The molecule has 2 saturated heterocycles. The van der Waals surface area contributed by atoms with Crippen LogP contribution in [-0.2, 0) is 62.3 Å². The number of hydrogen-bond acceptors (Lipinski definition) is 8. The van der Waals surface area contributed by atoms with Crippen molar-refractivity contribution in [1.29, 1.82) is 0 Å². The normalized spacial score (nSPS) is 20.8. The van der Waals surface area contributed by atoms with Gasteiger partial charge in [0.05, 0.1) is 25.9 Å². The Bertz CT molecular complexity index is 2430. The molecular weight excluding hydrogens is 803 g/mol. The highest BCUT2D eigenvalue weighted by atomic mass is 35.5. The number of anilines is 2. The Morgan fingerprint density at radius 1 is 0.509 bits per heavy atom. The summed E-state index contributed by atoms with van der Waals surface area (Å²) in [5.41, 5.74) is -1.03. The zero-order valence-corrected chi connectivity index (χ0v) is 31.8. The van der Waals surface area contributed by atoms with Gasteiger partial charge < -0.3 is 10.2 Å². The Hall–Kier alpha value is -6.09. The number of halogens is 3. The maximum absolute atomic E-state index is 13.4. The molecule has 0 aliphatic carbocycles. The van der Waals surface area contributed by atoms with Gasteiger partial charge in [-0.25, -0.2) is 0 Å². The summed E-state index contributed by atoms with van der Waals surface area (Å²) in [6, 6.07) is 24.6. The molecule has 57 heavy (non-hydrogen) atoms. The second kappa shape index (κ2) is 14.8. The molecule has 4 aromatic carbocycles. The molecule has 14 nitrogen and oxygen atoms in total. The van der Waals surface area contributed by atoms with E-state index in [4.69, 9.17) is 34.8 Å². The Balaban J connectivity index is 0.000000174. The quantitative estimate of drug-likeness (QED) is 0.188. The number of carboxylic acids is 2. The molecule has 4 heterocycles. The lowest BCUT2D eigenvalue weighted by Crippen LogP contribution is -2.47. The second-order valence-electron chi connectivity index (χ2n) is 13.7. The summed E-state index contributed by atoms with van der Waals surface area (Å²) in [5.74, 6) is -6.21.